The number of rotatable bonds is 8. The number of nitrogens with one attached hydrogen (secondary N) is 1. The molecule has 0 saturated carbocycles. The van der Waals surface area contributed by atoms with E-state index in [0.29, 0.717) is 29.5 Å². The van der Waals surface area contributed by atoms with Gasteiger partial charge in [-0.3, -0.25) is 9.59 Å². The first kappa shape index (κ1) is 25.7. The van der Waals surface area contributed by atoms with Gasteiger partial charge in [0.25, 0.3) is 0 Å². The second kappa shape index (κ2) is 11.4. The van der Waals surface area contributed by atoms with Gasteiger partial charge in [-0.05, 0) is 42.4 Å². The highest BCUT2D eigenvalue weighted by atomic mass is 32.2. The van der Waals surface area contributed by atoms with Gasteiger partial charge in [0.15, 0.2) is 0 Å². The number of carbonyl (C=O) groups is 4. The molecule has 1 unspecified atom stereocenters. The van der Waals surface area contributed by atoms with Crippen LogP contribution in [-0.4, -0.2) is 40.0 Å². The zero-order valence-corrected chi connectivity index (χ0v) is 17.9. The summed E-state index contributed by atoms with van der Waals surface area (Å²) in [5.74, 6) is -3.82. The number of aliphatic carboxylic acids is 1. The Labute approximate surface area is 190 Å². The molecule has 2 aromatic rings. The number of esters is 1. The number of carboxylic acid groups (broad SMARTS) is 1. The fourth-order valence-corrected chi connectivity index (χ4v) is 2.99. The lowest BCUT2D eigenvalue weighted by Crippen LogP contribution is -2.35. The highest BCUT2D eigenvalue weighted by Gasteiger charge is 2.33. The summed E-state index contributed by atoms with van der Waals surface area (Å²) in [6.07, 6.45) is -4.77. The van der Waals surface area contributed by atoms with Gasteiger partial charge in [0.05, 0.1) is 10.8 Å². The first-order valence-electron chi connectivity index (χ1n) is 9.27. The molecule has 8 nitrogen and oxygen atoms in total. The van der Waals surface area contributed by atoms with E-state index in [1.165, 1.54) is 6.92 Å². The summed E-state index contributed by atoms with van der Waals surface area (Å²) in [4.78, 5) is 46.9. The first-order chi connectivity index (χ1) is 15.5. The van der Waals surface area contributed by atoms with Gasteiger partial charge in [0, 0.05) is 0 Å². The third-order valence-electron chi connectivity index (χ3n) is 3.99. The molecule has 2 aromatic carbocycles. The molecule has 1 atom stereocenters. The fourth-order valence-electron chi connectivity index (χ4n) is 2.37. The number of alkyl halides is 3. The molecule has 0 radical (unpaired) electrons. The number of hydrogen-bond donors (Lipinski definition) is 2. The third-order valence-corrected chi connectivity index (χ3v) is 4.83. The molecule has 12 heteroatoms. The van der Waals surface area contributed by atoms with E-state index in [-0.39, 0.29) is 6.61 Å². The third kappa shape index (κ3) is 8.15. The average molecular weight is 485 g/mol. The number of halogens is 3. The topological polar surface area (TPSA) is 119 Å². The molecule has 0 aliphatic carbocycles. The molecule has 176 valence electrons. The normalized spacial score (nSPS) is 11.9. The number of amides is 1. The van der Waals surface area contributed by atoms with E-state index in [1.54, 1.807) is 30.3 Å². The van der Waals surface area contributed by atoms with Crippen LogP contribution in [0.3, 0.4) is 0 Å². The van der Waals surface area contributed by atoms with Crippen LogP contribution >= 0.6 is 11.8 Å². The zero-order valence-electron chi connectivity index (χ0n) is 17.0. The number of carboxylic acids is 1. The summed E-state index contributed by atoms with van der Waals surface area (Å²) in [5, 5.41) is 8.32. The molecule has 0 spiro atoms. The maximum Gasteiger partial charge on any atom is 0.416 e. The van der Waals surface area contributed by atoms with Gasteiger partial charge in [-0.25, -0.2) is 9.59 Å². The minimum Gasteiger partial charge on any atom is -0.480 e. The second-order valence-corrected chi connectivity index (χ2v) is 7.77. The van der Waals surface area contributed by atoms with Gasteiger partial charge in [-0.1, -0.05) is 30.3 Å². The van der Waals surface area contributed by atoms with Crippen LogP contribution in [0.4, 0.5) is 18.0 Å². The molecular weight excluding hydrogens is 467 g/mol. The number of ether oxygens (including phenoxy) is 2. The Balaban J connectivity index is 2.16. The van der Waals surface area contributed by atoms with Crippen LogP contribution in [0.15, 0.2) is 48.5 Å². The van der Waals surface area contributed by atoms with E-state index in [2.05, 4.69) is 5.32 Å². The lowest BCUT2D eigenvalue weighted by Gasteiger charge is -2.14. The molecule has 0 heterocycles. The monoisotopic (exact) mass is 485 g/mol. The quantitative estimate of drug-likeness (QED) is 0.541. The molecule has 1 amide bonds. The Morgan fingerprint density at radius 1 is 1.09 bits per heavy atom. The molecule has 0 bridgehead atoms. The van der Waals surface area contributed by atoms with Gasteiger partial charge in [0.2, 0.25) is 5.91 Å². The molecular formula is C21H18F3NO7S. The van der Waals surface area contributed by atoms with Crippen LogP contribution in [0.25, 0.3) is 0 Å². The SMILES string of the molecule is CC(SC(=O)Oc1cc(C(F)(F)F)ccc1C(=O)OCc1ccccc1)C(=O)NCC(=O)O. The first-order valence-corrected chi connectivity index (χ1v) is 10.2. The predicted octanol–water partition coefficient (Wildman–Crippen LogP) is 3.88. The number of hydrogen-bond acceptors (Lipinski definition) is 7. The summed E-state index contributed by atoms with van der Waals surface area (Å²) < 4.78 is 49.4. The highest BCUT2D eigenvalue weighted by molar-refractivity contribution is 8.14. The van der Waals surface area contributed by atoms with Crippen molar-refractivity contribution < 1.29 is 46.9 Å². The fraction of sp³-hybridized carbons (Fsp3) is 0.238. The summed E-state index contributed by atoms with van der Waals surface area (Å²) >= 11 is 0.299. The van der Waals surface area contributed by atoms with E-state index >= 15 is 0 Å². The lowest BCUT2D eigenvalue weighted by atomic mass is 10.1. The molecule has 0 fully saturated rings. The van der Waals surface area contributed by atoms with Gasteiger partial charge in [-0.15, -0.1) is 0 Å². The Bertz CT molecular complexity index is 1030. The van der Waals surface area contributed by atoms with Gasteiger partial charge >= 0.3 is 23.4 Å². The van der Waals surface area contributed by atoms with Crippen molar-refractivity contribution in [3.8, 4) is 5.75 Å². The predicted molar refractivity (Wildman–Crippen MR) is 111 cm³/mol. The largest absolute Gasteiger partial charge is 0.480 e. The minimum absolute atomic E-state index is 0.163. The molecule has 0 aliphatic heterocycles. The van der Waals surface area contributed by atoms with Gasteiger partial charge in [0.1, 0.15) is 24.5 Å². The maximum atomic E-state index is 13.1. The van der Waals surface area contributed by atoms with E-state index in [4.69, 9.17) is 14.6 Å². The summed E-state index contributed by atoms with van der Waals surface area (Å²) in [6, 6.07) is 10.5. The maximum absolute atomic E-state index is 13.1. The van der Waals surface area contributed by atoms with Crippen molar-refractivity contribution in [2.24, 2.45) is 0 Å². The van der Waals surface area contributed by atoms with Crippen molar-refractivity contribution in [1.82, 2.24) is 5.32 Å². The summed E-state index contributed by atoms with van der Waals surface area (Å²) in [6.45, 7) is 0.428. The van der Waals surface area contributed by atoms with Crippen LogP contribution in [-0.2, 0) is 27.1 Å². The zero-order chi connectivity index (χ0) is 24.6. The Morgan fingerprint density at radius 2 is 1.76 bits per heavy atom. The van der Waals surface area contributed by atoms with Crippen molar-refractivity contribution in [1.29, 1.82) is 0 Å². The van der Waals surface area contributed by atoms with Crippen molar-refractivity contribution in [2.45, 2.75) is 25.0 Å². The van der Waals surface area contributed by atoms with Crippen molar-refractivity contribution in [3.05, 3.63) is 65.2 Å². The van der Waals surface area contributed by atoms with E-state index in [1.807, 2.05) is 0 Å². The molecule has 0 aromatic heterocycles. The number of thioether (sulfide) groups is 1. The van der Waals surface area contributed by atoms with E-state index in [9.17, 15) is 32.3 Å². The molecule has 33 heavy (non-hydrogen) atoms. The van der Waals surface area contributed by atoms with Crippen LogP contribution in [0.1, 0.15) is 28.4 Å². The van der Waals surface area contributed by atoms with E-state index in [0.717, 1.165) is 6.07 Å². The number of benzene rings is 2. The van der Waals surface area contributed by atoms with Crippen molar-refractivity contribution in [2.75, 3.05) is 6.54 Å². The van der Waals surface area contributed by atoms with Gasteiger partial charge in [-0.2, -0.15) is 13.2 Å². The Morgan fingerprint density at radius 3 is 2.36 bits per heavy atom. The van der Waals surface area contributed by atoms with E-state index < -0.39 is 58.0 Å². The minimum atomic E-state index is -4.77. The lowest BCUT2D eigenvalue weighted by molar-refractivity contribution is -0.138. The summed E-state index contributed by atoms with van der Waals surface area (Å²) in [5.41, 5.74) is -0.953. The average Bonchev–Trinajstić information content (AvgIpc) is 2.75. The smallest absolute Gasteiger partial charge is 0.416 e. The molecule has 0 aliphatic rings. The Hall–Kier alpha value is -3.54. The van der Waals surface area contributed by atoms with Crippen LogP contribution in [0.5, 0.6) is 5.75 Å². The van der Waals surface area contributed by atoms with Crippen molar-refractivity contribution in [3.63, 3.8) is 0 Å². The molecule has 2 rings (SSSR count). The Kier molecular flexibility index (Phi) is 8.85. The van der Waals surface area contributed by atoms with Gasteiger partial charge < -0.3 is 19.9 Å². The van der Waals surface area contributed by atoms with Crippen molar-refractivity contribution >= 4 is 34.9 Å². The van der Waals surface area contributed by atoms with Crippen LogP contribution < -0.4 is 10.1 Å². The highest BCUT2D eigenvalue weighted by Crippen LogP contribution is 2.34. The molecule has 0 saturated heterocycles. The standard InChI is InChI=1S/C21H18F3NO7S/c1-12(18(28)25-10-17(26)27)33-20(30)32-16-9-14(21(22,23)24)7-8-15(16)19(29)31-11-13-5-3-2-4-6-13/h2-9,12H,10-11H2,1H3,(H,25,28)(H,26,27). The van der Waals surface area contributed by atoms with Crippen LogP contribution in [0, 0.1) is 0 Å². The van der Waals surface area contributed by atoms with Crippen LogP contribution in [0.2, 0.25) is 0 Å². The summed E-state index contributed by atoms with van der Waals surface area (Å²) in [7, 11) is 0. The molecule has 2 N–H and O–H groups in total. The second-order valence-electron chi connectivity index (χ2n) is 6.49. The number of carbonyl (C=O) groups excluding carboxylic acids is 3.